The number of aryl methyl sites for hydroxylation is 3. The molecule has 0 amide bonds. The van der Waals surface area contributed by atoms with E-state index in [-0.39, 0.29) is 11.1 Å². The van der Waals surface area contributed by atoms with Crippen LogP contribution in [-0.2, 0) is 26.4 Å². The Morgan fingerprint density at radius 3 is 2.71 bits per heavy atom. The van der Waals surface area contributed by atoms with E-state index in [2.05, 4.69) is 15.0 Å². The van der Waals surface area contributed by atoms with Gasteiger partial charge in [-0.15, -0.1) is 0 Å². The fourth-order valence-corrected chi connectivity index (χ4v) is 3.47. The third-order valence-corrected chi connectivity index (χ3v) is 4.95. The summed E-state index contributed by atoms with van der Waals surface area (Å²) in [5, 5.41) is 4.57. The lowest BCUT2D eigenvalue weighted by Crippen LogP contribution is -2.50. The first kappa shape index (κ1) is 15.1. The first-order valence-corrected chi connectivity index (χ1v) is 8.48. The van der Waals surface area contributed by atoms with Crippen LogP contribution in [0.4, 0.5) is 5.82 Å². The van der Waals surface area contributed by atoms with Crippen molar-refractivity contribution in [2.75, 3.05) is 18.0 Å². The summed E-state index contributed by atoms with van der Waals surface area (Å²) in [7, 11) is 1.69. The van der Waals surface area contributed by atoms with Gasteiger partial charge < -0.3 is 9.47 Å². The third-order valence-electron chi connectivity index (χ3n) is 4.95. The quantitative estimate of drug-likeness (QED) is 0.813. The molecule has 1 saturated heterocycles. The van der Waals surface area contributed by atoms with E-state index in [4.69, 9.17) is 0 Å². The van der Waals surface area contributed by atoms with Crippen molar-refractivity contribution in [3.05, 3.63) is 50.4 Å². The van der Waals surface area contributed by atoms with Gasteiger partial charge in [0.05, 0.1) is 18.6 Å². The van der Waals surface area contributed by atoms with Crippen molar-refractivity contribution < 1.29 is 0 Å². The maximum absolute atomic E-state index is 12.2. The highest BCUT2D eigenvalue weighted by atomic mass is 16.1. The topological polar surface area (TPSA) is 73.0 Å². The molecule has 2 aromatic rings. The molecule has 0 N–H and O–H groups in total. The number of hydrogen-bond donors (Lipinski definition) is 0. The molecule has 0 spiro atoms. The fourth-order valence-electron chi connectivity index (χ4n) is 3.47. The highest BCUT2D eigenvalue weighted by molar-refractivity contribution is 5.40. The van der Waals surface area contributed by atoms with E-state index in [0.29, 0.717) is 18.3 Å². The maximum atomic E-state index is 12.2. The van der Waals surface area contributed by atoms with Crippen molar-refractivity contribution in [3.63, 3.8) is 0 Å². The van der Waals surface area contributed by atoms with Gasteiger partial charge in [-0.3, -0.25) is 9.59 Å². The van der Waals surface area contributed by atoms with Crippen molar-refractivity contribution in [2.24, 2.45) is 13.0 Å². The molecule has 126 valence electrons. The van der Waals surface area contributed by atoms with Gasteiger partial charge in [-0.2, -0.15) is 5.10 Å². The summed E-state index contributed by atoms with van der Waals surface area (Å²) >= 11 is 0. The zero-order valence-corrected chi connectivity index (χ0v) is 13.8. The first-order chi connectivity index (χ1) is 11.6. The standard InChI is InChI=1S/C17H21N5O2/c1-20-11-18-15(7-16(20)23)21-8-12(9-21)10-22-17(24)6-13-4-2-3-5-14(13)19-22/h6-7,11-12H,2-5,8-10H2,1H3. The minimum Gasteiger partial charge on any atom is -0.356 e. The zero-order valence-electron chi connectivity index (χ0n) is 13.8. The van der Waals surface area contributed by atoms with Gasteiger partial charge in [0, 0.05) is 38.2 Å². The lowest BCUT2D eigenvalue weighted by molar-refractivity contribution is 0.329. The van der Waals surface area contributed by atoms with E-state index >= 15 is 0 Å². The normalized spacial score (nSPS) is 17.5. The molecule has 0 unspecified atom stereocenters. The van der Waals surface area contributed by atoms with Crippen LogP contribution in [0.2, 0.25) is 0 Å². The molecular formula is C17H21N5O2. The SMILES string of the molecule is Cn1cnc(N2CC(Cn3nc4c(cc3=O)CCCC4)C2)cc1=O. The molecule has 2 aliphatic rings. The van der Waals surface area contributed by atoms with Crippen molar-refractivity contribution >= 4 is 5.82 Å². The molecule has 1 fully saturated rings. The van der Waals surface area contributed by atoms with E-state index in [9.17, 15) is 9.59 Å². The molecule has 0 radical (unpaired) electrons. The number of hydrogen-bond acceptors (Lipinski definition) is 5. The van der Waals surface area contributed by atoms with Crippen LogP contribution >= 0.6 is 0 Å². The smallest absolute Gasteiger partial charge is 0.267 e. The van der Waals surface area contributed by atoms with Crippen molar-refractivity contribution in [1.29, 1.82) is 0 Å². The second-order valence-corrected chi connectivity index (χ2v) is 6.81. The number of aromatic nitrogens is 4. The van der Waals surface area contributed by atoms with Crippen LogP contribution in [0.5, 0.6) is 0 Å². The van der Waals surface area contributed by atoms with Crippen LogP contribution in [0.1, 0.15) is 24.1 Å². The van der Waals surface area contributed by atoms with Gasteiger partial charge in [0.1, 0.15) is 5.82 Å². The molecule has 0 bridgehead atoms. The van der Waals surface area contributed by atoms with Crippen LogP contribution in [-0.4, -0.2) is 32.4 Å². The summed E-state index contributed by atoms with van der Waals surface area (Å²) in [6.07, 6.45) is 5.80. The molecule has 1 aliphatic heterocycles. The summed E-state index contributed by atoms with van der Waals surface area (Å²) in [6, 6.07) is 3.32. The van der Waals surface area contributed by atoms with Gasteiger partial charge in [-0.1, -0.05) is 0 Å². The summed E-state index contributed by atoms with van der Waals surface area (Å²) in [4.78, 5) is 30.3. The molecule has 0 atom stereocenters. The van der Waals surface area contributed by atoms with Crippen LogP contribution in [0.15, 0.2) is 28.0 Å². The van der Waals surface area contributed by atoms with Gasteiger partial charge >= 0.3 is 0 Å². The van der Waals surface area contributed by atoms with Gasteiger partial charge in [0.2, 0.25) is 0 Å². The summed E-state index contributed by atoms with van der Waals surface area (Å²) in [5.41, 5.74) is 2.16. The summed E-state index contributed by atoms with van der Waals surface area (Å²) < 4.78 is 3.07. The van der Waals surface area contributed by atoms with Crippen LogP contribution in [0.3, 0.4) is 0 Å². The average molecular weight is 327 g/mol. The average Bonchev–Trinajstić information content (AvgIpc) is 2.53. The Bertz CT molecular complexity index is 879. The van der Waals surface area contributed by atoms with Crippen LogP contribution < -0.4 is 16.0 Å². The lowest BCUT2D eigenvalue weighted by atomic mass is 9.96. The Balaban J connectivity index is 1.44. The predicted molar refractivity (Wildman–Crippen MR) is 90.3 cm³/mol. The number of rotatable bonds is 3. The largest absolute Gasteiger partial charge is 0.356 e. The Morgan fingerprint density at radius 2 is 1.92 bits per heavy atom. The van der Waals surface area contributed by atoms with Gasteiger partial charge in [0.15, 0.2) is 0 Å². The minimum atomic E-state index is -0.0592. The van der Waals surface area contributed by atoms with Gasteiger partial charge in [-0.05, 0) is 31.2 Å². The second-order valence-electron chi connectivity index (χ2n) is 6.81. The molecule has 3 heterocycles. The second kappa shape index (κ2) is 5.89. The first-order valence-electron chi connectivity index (χ1n) is 8.48. The van der Waals surface area contributed by atoms with E-state index in [1.165, 1.54) is 4.57 Å². The zero-order chi connectivity index (χ0) is 16.7. The molecule has 1 aliphatic carbocycles. The molecule has 0 saturated carbocycles. The molecule has 7 nitrogen and oxygen atoms in total. The van der Waals surface area contributed by atoms with E-state index in [1.54, 1.807) is 30.2 Å². The lowest BCUT2D eigenvalue weighted by Gasteiger charge is -2.40. The van der Waals surface area contributed by atoms with Crippen molar-refractivity contribution in [2.45, 2.75) is 32.2 Å². The number of nitrogens with zero attached hydrogens (tertiary/aromatic N) is 5. The van der Waals surface area contributed by atoms with Crippen LogP contribution in [0.25, 0.3) is 0 Å². The van der Waals surface area contributed by atoms with E-state index in [1.807, 2.05) is 0 Å². The Morgan fingerprint density at radius 1 is 1.12 bits per heavy atom. The van der Waals surface area contributed by atoms with Crippen LogP contribution in [0, 0.1) is 5.92 Å². The maximum Gasteiger partial charge on any atom is 0.267 e. The Labute approximate surface area is 139 Å². The van der Waals surface area contributed by atoms with Gasteiger partial charge in [-0.25, -0.2) is 9.67 Å². The molecule has 2 aromatic heterocycles. The van der Waals surface area contributed by atoms with E-state index in [0.717, 1.165) is 50.0 Å². The predicted octanol–water partition coefficient (Wildman–Crippen LogP) is 0.352. The molecule has 0 aromatic carbocycles. The van der Waals surface area contributed by atoms with Crippen molar-refractivity contribution in [3.8, 4) is 0 Å². The Hall–Kier alpha value is -2.44. The summed E-state index contributed by atoms with van der Waals surface area (Å²) in [5.74, 6) is 1.07. The number of fused-ring (bicyclic) bond motifs is 1. The molecule has 7 heteroatoms. The Kier molecular flexibility index (Phi) is 3.70. The minimum absolute atomic E-state index is 0.000746. The summed E-state index contributed by atoms with van der Waals surface area (Å²) in [6.45, 7) is 2.23. The van der Waals surface area contributed by atoms with Crippen molar-refractivity contribution in [1.82, 2.24) is 19.3 Å². The van der Waals surface area contributed by atoms with Gasteiger partial charge in [0.25, 0.3) is 11.1 Å². The van der Waals surface area contributed by atoms with E-state index < -0.39 is 0 Å². The molecule has 24 heavy (non-hydrogen) atoms. The molecule has 4 rings (SSSR count). The number of anilines is 1. The highest BCUT2D eigenvalue weighted by Crippen LogP contribution is 2.23. The molecular weight excluding hydrogens is 306 g/mol. The highest BCUT2D eigenvalue weighted by Gasteiger charge is 2.29. The third kappa shape index (κ3) is 2.74. The fraction of sp³-hybridized carbons (Fsp3) is 0.529. The monoisotopic (exact) mass is 327 g/mol.